The third-order valence-electron chi connectivity index (χ3n) is 4.15. The Morgan fingerprint density at radius 3 is 2.88 bits per heavy atom. The Bertz CT molecular complexity index is 748. The number of nitrogens with zero attached hydrogens (tertiary/aromatic N) is 2. The second kappa shape index (κ2) is 7.05. The number of carbonyl (C=O) groups is 1. The molecule has 9 heteroatoms. The van der Waals surface area contributed by atoms with E-state index in [1.54, 1.807) is 6.20 Å². The largest absolute Gasteiger partial charge is 0.418 e. The zero-order valence-corrected chi connectivity index (χ0v) is 13.9. The molecule has 1 atom stereocenters. The number of likely N-dealkylation sites (tertiary alicyclic amines) is 1. The predicted octanol–water partition coefficient (Wildman–Crippen LogP) is 3.86. The molecule has 1 saturated heterocycles. The number of aromatic amines is 1. The molecule has 1 aliphatic heterocycles. The number of carbonyl (C=O) groups excluding carboxylic acids is 1. The van der Waals surface area contributed by atoms with E-state index in [1.165, 1.54) is 12.1 Å². The van der Waals surface area contributed by atoms with E-state index < -0.39 is 17.6 Å². The first kappa shape index (κ1) is 17.8. The summed E-state index contributed by atoms with van der Waals surface area (Å²) in [6, 6.07) is 5.14. The van der Waals surface area contributed by atoms with E-state index in [0.29, 0.717) is 6.54 Å². The average molecular weight is 373 g/mol. The minimum atomic E-state index is -4.60. The summed E-state index contributed by atoms with van der Waals surface area (Å²) in [5.74, 6) is -0.501. The molecule has 25 heavy (non-hydrogen) atoms. The third-order valence-corrected chi connectivity index (χ3v) is 4.39. The summed E-state index contributed by atoms with van der Waals surface area (Å²) in [5, 5.41) is 9.10. The second-order valence-corrected chi connectivity index (χ2v) is 6.31. The van der Waals surface area contributed by atoms with Crippen LogP contribution in [0.2, 0.25) is 5.02 Å². The molecule has 1 aliphatic rings. The molecule has 0 bridgehead atoms. The first-order valence-electron chi connectivity index (χ1n) is 7.74. The van der Waals surface area contributed by atoms with Crippen LogP contribution >= 0.6 is 11.6 Å². The standard InChI is InChI=1S/C16H16ClF3N4O/c17-10-3-4-12(11(8-10)16(18,19)20)22-15(25)9-24-7-1-2-14(24)13-5-6-21-23-13/h3-6,8,14H,1-2,7,9H2,(H,21,23)(H,22,25)/t14-/m0/s1. The molecule has 2 aromatic rings. The van der Waals surface area contributed by atoms with Gasteiger partial charge in [0.2, 0.25) is 5.91 Å². The van der Waals surface area contributed by atoms with Gasteiger partial charge in [-0.15, -0.1) is 0 Å². The van der Waals surface area contributed by atoms with Crippen molar-refractivity contribution in [2.45, 2.75) is 25.1 Å². The lowest BCUT2D eigenvalue weighted by molar-refractivity contribution is -0.137. The van der Waals surface area contributed by atoms with Gasteiger partial charge in [-0.2, -0.15) is 18.3 Å². The Hall–Kier alpha value is -2.06. The Labute approximate surface area is 147 Å². The molecule has 2 heterocycles. The maximum absolute atomic E-state index is 13.1. The van der Waals surface area contributed by atoms with Crippen LogP contribution in [0.5, 0.6) is 0 Å². The van der Waals surface area contributed by atoms with Crippen LogP contribution in [0.3, 0.4) is 0 Å². The number of amides is 1. The van der Waals surface area contributed by atoms with E-state index in [9.17, 15) is 18.0 Å². The number of rotatable bonds is 4. The highest BCUT2D eigenvalue weighted by molar-refractivity contribution is 6.30. The number of aromatic nitrogens is 2. The number of anilines is 1. The highest BCUT2D eigenvalue weighted by Gasteiger charge is 2.35. The maximum Gasteiger partial charge on any atom is 0.418 e. The van der Waals surface area contributed by atoms with E-state index in [4.69, 9.17) is 11.6 Å². The van der Waals surface area contributed by atoms with Crippen LogP contribution in [-0.2, 0) is 11.0 Å². The van der Waals surface area contributed by atoms with Gasteiger partial charge >= 0.3 is 6.18 Å². The molecule has 0 spiro atoms. The van der Waals surface area contributed by atoms with Gasteiger partial charge in [-0.3, -0.25) is 14.8 Å². The van der Waals surface area contributed by atoms with Gasteiger partial charge in [-0.05, 0) is 43.7 Å². The average Bonchev–Trinajstić information content (AvgIpc) is 3.18. The van der Waals surface area contributed by atoms with Crippen LogP contribution in [0.4, 0.5) is 18.9 Å². The van der Waals surface area contributed by atoms with Crippen LogP contribution in [0.1, 0.15) is 30.1 Å². The number of hydrogen-bond acceptors (Lipinski definition) is 3. The summed E-state index contributed by atoms with van der Waals surface area (Å²) in [6.45, 7) is 0.702. The van der Waals surface area contributed by atoms with E-state index >= 15 is 0 Å². The lowest BCUT2D eigenvalue weighted by Crippen LogP contribution is -2.33. The summed E-state index contributed by atoms with van der Waals surface area (Å²) in [5.41, 5.74) is -0.355. The van der Waals surface area contributed by atoms with Crippen LogP contribution < -0.4 is 5.32 Å². The fourth-order valence-electron chi connectivity index (χ4n) is 3.05. The van der Waals surface area contributed by atoms with Crippen molar-refractivity contribution in [1.29, 1.82) is 0 Å². The van der Waals surface area contributed by atoms with Crippen LogP contribution in [0.15, 0.2) is 30.5 Å². The Kier molecular flexibility index (Phi) is 5.01. The number of alkyl halides is 3. The molecule has 5 nitrogen and oxygen atoms in total. The monoisotopic (exact) mass is 372 g/mol. The topological polar surface area (TPSA) is 61.0 Å². The summed E-state index contributed by atoms with van der Waals surface area (Å²) in [7, 11) is 0. The first-order valence-corrected chi connectivity index (χ1v) is 8.12. The molecule has 0 aliphatic carbocycles. The van der Waals surface area contributed by atoms with Gasteiger partial charge < -0.3 is 5.32 Å². The van der Waals surface area contributed by atoms with Gasteiger partial charge in [0.25, 0.3) is 0 Å². The van der Waals surface area contributed by atoms with E-state index in [0.717, 1.165) is 24.6 Å². The quantitative estimate of drug-likeness (QED) is 0.856. The van der Waals surface area contributed by atoms with Crippen LogP contribution in [0, 0.1) is 0 Å². The van der Waals surface area contributed by atoms with E-state index in [1.807, 2.05) is 11.0 Å². The first-order chi connectivity index (χ1) is 11.8. The van der Waals surface area contributed by atoms with Crippen molar-refractivity contribution in [3.63, 3.8) is 0 Å². The molecule has 134 valence electrons. The SMILES string of the molecule is O=C(CN1CCC[C@H]1c1ccn[nH]1)Nc1ccc(Cl)cc1C(F)(F)F. The zero-order valence-electron chi connectivity index (χ0n) is 13.1. The molecule has 0 unspecified atom stereocenters. The summed E-state index contributed by atoms with van der Waals surface area (Å²) < 4.78 is 39.3. The van der Waals surface area contributed by atoms with Crippen LogP contribution in [0.25, 0.3) is 0 Å². The minimum absolute atomic E-state index is 0.00358. The second-order valence-electron chi connectivity index (χ2n) is 5.88. The predicted molar refractivity (Wildman–Crippen MR) is 87.2 cm³/mol. The number of benzene rings is 1. The normalized spacial score (nSPS) is 18.5. The van der Waals surface area contributed by atoms with Gasteiger partial charge in [0.05, 0.1) is 29.5 Å². The molecule has 1 fully saturated rings. The maximum atomic E-state index is 13.1. The van der Waals surface area contributed by atoms with Gasteiger partial charge in [0.1, 0.15) is 0 Å². The summed E-state index contributed by atoms with van der Waals surface area (Å²) >= 11 is 5.64. The van der Waals surface area contributed by atoms with Crippen molar-refractivity contribution >= 4 is 23.2 Å². The van der Waals surface area contributed by atoms with Crippen LogP contribution in [-0.4, -0.2) is 34.1 Å². The molecule has 1 amide bonds. The van der Waals surface area contributed by atoms with Crippen molar-refractivity contribution in [3.05, 3.63) is 46.7 Å². The van der Waals surface area contributed by atoms with Gasteiger partial charge in [-0.1, -0.05) is 11.6 Å². The molecule has 1 aromatic heterocycles. The highest BCUT2D eigenvalue weighted by atomic mass is 35.5. The Balaban J connectivity index is 1.71. The van der Waals surface area contributed by atoms with Crippen molar-refractivity contribution in [2.24, 2.45) is 0 Å². The minimum Gasteiger partial charge on any atom is -0.324 e. The smallest absolute Gasteiger partial charge is 0.324 e. The Morgan fingerprint density at radius 2 is 2.20 bits per heavy atom. The Morgan fingerprint density at radius 1 is 1.40 bits per heavy atom. The number of nitrogens with one attached hydrogen (secondary N) is 2. The fraction of sp³-hybridized carbons (Fsp3) is 0.375. The van der Waals surface area contributed by atoms with Crippen molar-refractivity contribution < 1.29 is 18.0 Å². The number of hydrogen-bond donors (Lipinski definition) is 2. The van der Waals surface area contributed by atoms with Gasteiger partial charge in [-0.25, -0.2) is 0 Å². The molecular formula is C16H16ClF3N4O. The van der Waals surface area contributed by atoms with Crippen molar-refractivity contribution in [3.8, 4) is 0 Å². The van der Waals surface area contributed by atoms with Gasteiger partial charge in [0, 0.05) is 11.2 Å². The molecule has 2 N–H and O–H groups in total. The lowest BCUT2D eigenvalue weighted by atomic mass is 10.1. The molecular weight excluding hydrogens is 357 g/mol. The fourth-order valence-corrected chi connectivity index (χ4v) is 3.23. The van der Waals surface area contributed by atoms with Gasteiger partial charge in [0.15, 0.2) is 0 Å². The zero-order chi connectivity index (χ0) is 18.0. The number of halogens is 4. The number of H-pyrrole nitrogens is 1. The van der Waals surface area contributed by atoms with E-state index in [-0.39, 0.29) is 23.3 Å². The molecule has 3 rings (SSSR count). The van der Waals surface area contributed by atoms with E-state index in [2.05, 4.69) is 15.5 Å². The highest BCUT2D eigenvalue weighted by Crippen LogP contribution is 2.36. The summed E-state index contributed by atoms with van der Waals surface area (Å²) in [6.07, 6.45) is -1.19. The molecule has 0 radical (unpaired) electrons. The third kappa shape index (κ3) is 4.13. The molecule has 1 aromatic carbocycles. The van der Waals surface area contributed by atoms with Crippen molar-refractivity contribution in [2.75, 3.05) is 18.4 Å². The van der Waals surface area contributed by atoms with Crippen molar-refractivity contribution in [1.82, 2.24) is 15.1 Å². The summed E-state index contributed by atoms with van der Waals surface area (Å²) in [4.78, 5) is 14.2. The molecule has 0 saturated carbocycles. The lowest BCUT2D eigenvalue weighted by Gasteiger charge is -2.23.